The number of carbonyl (C=O) groups excluding carboxylic acids is 1. The monoisotopic (exact) mass is 245 g/mol. The van der Waals surface area contributed by atoms with Gasteiger partial charge in [-0.1, -0.05) is 18.2 Å². The molecule has 0 atom stereocenters. The van der Waals surface area contributed by atoms with E-state index in [0.29, 0.717) is 5.69 Å². The number of aromatic nitrogens is 2. The van der Waals surface area contributed by atoms with E-state index in [1.54, 1.807) is 13.0 Å². The highest BCUT2D eigenvalue weighted by molar-refractivity contribution is 5.68. The fourth-order valence-electron chi connectivity index (χ4n) is 1.92. The topological polar surface area (TPSA) is 77.9 Å². The summed E-state index contributed by atoms with van der Waals surface area (Å²) in [5, 5.41) is 13.5. The highest BCUT2D eigenvalue weighted by atomic mass is 16.4. The second-order valence-corrected chi connectivity index (χ2v) is 4.19. The number of benzene rings is 1. The molecule has 1 aromatic heterocycles. The zero-order valence-corrected chi connectivity index (χ0v) is 10.2. The number of nitrogens with one attached hydrogen (secondary N) is 1. The number of aryl methyl sites for hydroxylation is 2. The molecule has 0 aliphatic carbocycles. The molecule has 2 aromatic rings. The van der Waals surface area contributed by atoms with E-state index in [2.05, 4.69) is 5.10 Å². The molecule has 1 aromatic carbocycles. The van der Waals surface area contributed by atoms with Gasteiger partial charge in [0.2, 0.25) is 0 Å². The quantitative estimate of drug-likeness (QED) is 0.831. The lowest BCUT2D eigenvalue weighted by Crippen LogP contribution is -2.28. The maximum absolute atomic E-state index is 12.1. The molecule has 5 nitrogen and oxygen atoms in total. The number of rotatable bonds is 3. The second-order valence-electron chi connectivity index (χ2n) is 4.19. The lowest BCUT2D eigenvalue weighted by atomic mass is 10.2. The van der Waals surface area contributed by atoms with Gasteiger partial charge in [-0.3, -0.25) is 9.89 Å². The van der Waals surface area contributed by atoms with Crippen LogP contribution >= 0.6 is 0 Å². The molecule has 0 fully saturated rings. The van der Waals surface area contributed by atoms with Gasteiger partial charge in [-0.15, -0.1) is 0 Å². The van der Waals surface area contributed by atoms with Crippen molar-refractivity contribution in [3.05, 3.63) is 51.4 Å². The van der Waals surface area contributed by atoms with Crippen LogP contribution in [0, 0.1) is 13.8 Å². The molecule has 94 valence electrons. The number of H-pyrrole nitrogens is 1. The SMILES string of the molecule is Cc1ccccc1-n1[nH]c(C)c(CC(=O)[O-])c1=O. The zero-order chi connectivity index (χ0) is 13.3. The first-order valence-electron chi connectivity index (χ1n) is 5.57. The number of hydrogen-bond donors (Lipinski definition) is 1. The van der Waals surface area contributed by atoms with E-state index in [4.69, 9.17) is 0 Å². The van der Waals surface area contributed by atoms with Crippen molar-refractivity contribution < 1.29 is 9.90 Å². The van der Waals surface area contributed by atoms with Crippen LogP contribution in [-0.4, -0.2) is 15.7 Å². The number of nitrogens with zero attached hydrogens (tertiary/aromatic N) is 1. The van der Waals surface area contributed by atoms with Crippen LogP contribution in [0.5, 0.6) is 0 Å². The Morgan fingerprint density at radius 1 is 1.33 bits per heavy atom. The van der Waals surface area contributed by atoms with Crippen LogP contribution in [0.3, 0.4) is 0 Å². The Kier molecular flexibility index (Phi) is 3.06. The van der Waals surface area contributed by atoms with Crippen molar-refractivity contribution in [3.8, 4) is 5.69 Å². The van der Waals surface area contributed by atoms with Crippen molar-refractivity contribution in [2.24, 2.45) is 0 Å². The minimum Gasteiger partial charge on any atom is -0.550 e. The number of para-hydroxylation sites is 1. The van der Waals surface area contributed by atoms with Gasteiger partial charge in [-0.2, -0.15) is 0 Å². The number of hydrogen-bond acceptors (Lipinski definition) is 3. The predicted molar refractivity (Wildman–Crippen MR) is 64.6 cm³/mol. The lowest BCUT2D eigenvalue weighted by Gasteiger charge is -2.04. The van der Waals surface area contributed by atoms with Gasteiger partial charge in [0.05, 0.1) is 5.69 Å². The standard InChI is InChI=1S/C13H14N2O3/c1-8-5-3-4-6-11(8)15-13(18)10(7-12(16)17)9(2)14-15/h3-6,14H,7H2,1-2H3,(H,16,17)/p-1. The number of carbonyl (C=O) groups is 1. The molecule has 0 spiro atoms. The van der Waals surface area contributed by atoms with Crippen molar-refractivity contribution in [1.82, 2.24) is 9.78 Å². The molecule has 0 saturated heterocycles. The van der Waals surface area contributed by atoms with Gasteiger partial charge >= 0.3 is 0 Å². The molecule has 5 heteroatoms. The van der Waals surface area contributed by atoms with Crippen molar-refractivity contribution in [3.63, 3.8) is 0 Å². The van der Waals surface area contributed by atoms with Gasteiger partial charge in [0, 0.05) is 23.6 Å². The summed E-state index contributed by atoms with van der Waals surface area (Å²) in [5.41, 5.74) is 2.09. The average Bonchev–Trinajstić information content (AvgIpc) is 2.57. The van der Waals surface area contributed by atoms with E-state index in [9.17, 15) is 14.7 Å². The maximum atomic E-state index is 12.1. The van der Waals surface area contributed by atoms with Crippen LogP contribution in [0.2, 0.25) is 0 Å². The summed E-state index contributed by atoms with van der Waals surface area (Å²) >= 11 is 0. The third-order valence-corrected chi connectivity index (χ3v) is 2.87. The molecule has 0 aliphatic rings. The van der Waals surface area contributed by atoms with Crippen molar-refractivity contribution in [2.75, 3.05) is 0 Å². The van der Waals surface area contributed by atoms with Gasteiger partial charge < -0.3 is 9.90 Å². The lowest BCUT2D eigenvalue weighted by molar-refractivity contribution is -0.304. The summed E-state index contributed by atoms with van der Waals surface area (Å²) in [6.07, 6.45) is -0.375. The van der Waals surface area contributed by atoms with Gasteiger partial charge in [0.15, 0.2) is 0 Å². The third-order valence-electron chi connectivity index (χ3n) is 2.87. The van der Waals surface area contributed by atoms with Crippen molar-refractivity contribution >= 4 is 5.97 Å². The van der Waals surface area contributed by atoms with Crippen LogP contribution in [0.15, 0.2) is 29.1 Å². The molecule has 0 amide bonds. The fraction of sp³-hybridized carbons (Fsp3) is 0.231. The molecule has 0 bridgehead atoms. The molecule has 1 heterocycles. The highest BCUT2D eigenvalue weighted by Crippen LogP contribution is 2.12. The number of carboxylic acids is 1. The molecule has 0 radical (unpaired) electrons. The number of aromatic amines is 1. The van der Waals surface area contributed by atoms with Gasteiger partial charge in [0.1, 0.15) is 0 Å². The third kappa shape index (κ3) is 2.07. The molecule has 0 aliphatic heterocycles. The Bertz CT molecular complexity index is 652. The predicted octanol–water partition coefficient (Wildman–Crippen LogP) is 0.0748. The van der Waals surface area contributed by atoms with E-state index in [0.717, 1.165) is 11.3 Å². The summed E-state index contributed by atoms with van der Waals surface area (Å²) in [7, 11) is 0. The fourth-order valence-corrected chi connectivity index (χ4v) is 1.92. The van der Waals surface area contributed by atoms with E-state index in [-0.39, 0.29) is 17.5 Å². The molecule has 0 unspecified atom stereocenters. The summed E-state index contributed by atoms with van der Waals surface area (Å²) in [6, 6.07) is 7.39. The first kappa shape index (κ1) is 12.2. The summed E-state index contributed by atoms with van der Waals surface area (Å²) in [6.45, 7) is 3.56. The number of aliphatic carboxylic acids is 1. The van der Waals surface area contributed by atoms with Crippen LogP contribution in [0.1, 0.15) is 16.8 Å². The van der Waals surface area contributed by atoms with Crippen molar-refractivity contribution in [2.45, 2.75) is 20.3 Å². The highest BCUT2D eigenvalue weighted by Gasteiger charge is 2.13. The first-order chi connectivity index (χ1) is 8.50. The van der Waals surface area contributed by atoms with Crippen LogP contribution in [-0.2, 0) is 11.2 Å². The Morgan fingerprint density at radius 3 is 2.61 bits per heavy atom. The van der Waals surface area contributed by atoms with Crippen LogP contribution in [0.25, 0.3) is 5.69 Å². The number of carboxylic acid groups (broad SMARTS) is 1. The van der Waals surface area contributed by atoms with Gasteiger partial charge in [0.25, 0.3) is 5.56 Å². The minimum atomic E-state index is -1.26. The first-order valence-corrected chi connectivity index (χ1v) is 5.57. The largest absolute Gasteiger partial charge is 0.550 e. The van der Waals surface area contributed by atoms with Gasteiger partial charge in [-0.25, -0.2) is 4.68 Å². The average molecular weight is 245 g/mol. The Morgan fingerprint density at radius 2 is 2.00 bits per heavy atom. The Labute approximate surface area is 104 Å². The maximum Gasteiger partial charge on any atom is 0.275 e. The molecular formula is C13H13N2O3-. The van der Waals surface area contributed by atoms with E-state index < -0.39 is 5.97 Å². The smallest absolute Gasteiger partial charge is 0.275 e. The Balaban J connectivity index is 2.58. The second kappa shape index (κ2) is 4.52. The molecular weight excluding hydrogens is 232 g/mol. The van der Waals surface area contributed by atoms with E-state index in [1.165, 1.54) is 4.68 Å². The van der Waals surface area contributed by atoms with Crippen molar-refractivity contribution in [1.29, 1.82) is 0 Å². The van der Waals surface area contributed by atoms with Crippen LogP contribution < -0.4 is 10.7 Å². The summed E-state index contributed by atoms with van der Waals surface area (Å²) < 4.78 is 1.36. The van der Waals surface area contributed by atoms with E-state index in [1.807, 2.05) is 25.1 Å². The molecule has 0 saturated carbocycles. The minimum absolute atomic E-state index is 0.234. The normalized spacial score (nSPS) is 10.6. The molecule has 18 heavy (non-hydrogen) atoms. The summed E-state index contributed by atoms with van der Waals surface area (Å²) in [4.78, 5) is 22.7. The Hall–Kier alpha value is -2.30. The van der Waals surface area contributed by atoms with Gasteiger partial charge in [-0.05, 0) is 25.5 Å². The molecule has 2 rings (SSSR count). The zero-order valence-electron chi connectivity index (χ0n) is 10.2. The summed E-state index contributed by atoms with van der Waals surface area (Å²) in [5.74, 6) is -1.26. The van der Waals surface area contributed by atoms with Crippen LogP contribution in [0.4, 0.5) is 0 Å². The van der Waals surface area contributed by atoms with E-state index >= 15 is 0 Å². The molecule has 1 N–H and O–H groups in total.